The van der Waals surface area contributed by atoms with Crippen LogP contribution < -0.4 is 5.32 Å². The Labute approximate surface area is 166 Å². The number of carboxylic acids is 1. The predicted molar refractivity (Wildman–Crippen MR) is 109 cm³/mol. The van der Waals surface area contributed by atoms with Crippen molar-refractivity contribution in [3.63, 3.8) is 0 Å². The van der Waals surface area contributed by atoms with Crippen LogP contribution in [0.25, 0.3) is 11.0 Å². The summed E-state index contributed by atoms with van der Waals surface area (Å²) >= 11 is 0. The minimum atomic E-state index is -0.900. The standard InChI is InChI=1S/C22H18N4O3/c27-21(28)13-19(15-4-2-1-3-5-15)26-14-24-18-7-6-17(12-20(18)26)25-22(29)16-8-10-23-11-9-16/h1-12,14,19H,13H2,(H,25,29)(H,27,28). The molecule has 1 atom stereocenters. The van der Waals surface area contributed by atoms with Crippen LogP contribution in [-0.4, -0.2) is 31.5 Å². The summed E-state index contributed by atoms with van der Waals surface area (Å²) in [5.41, 5.74) is 3.44. The maximum absolute atomic E-state index is 12.4. The number of fused-ring (bicyclic) bond motifs is 1. The van der Waals surface area contributed by atoms with E-state index in [-0.39, 0.29) is 12.3 Å². The lowest BCUT2D eigenvalue weighted by molar-refractivity contribution is -0.137. The van der Waals surface area contributed by atoms with Crippen molar-refractivity contribution in [1.29, 1.82) is 0 Å². The van der Waals surface area contributed by atoms with Crippen LogP contribution in [0.4, 0.5) is 5.69 Å². The highest BCUT2D eigenvalue weighted by Gasteiger charge is 2.20. The van der Waals surface area contributed by atoms with Crippen molar-refractivity contribution in [2.75, 3.05) is 5.32 Å². The van der Waals surface area contributed by atoms with Gasteiger partial charge in [0.15, 0.2) is 0 Å². The third kappa shape index (κ3) is 3.98. The number of aromatic nitrogens is 3. The highest BCUT2D eigenvalue weighted by atomic mass is 16.4. The van der Waals surface area contributed by atoms with Gasteiger partial charge in [0, 0.05) is 23.6 Å². The van der Waals surface area contributed by atoms with Gasteiger partial charge in [-0.1, -0.05) is 30.3 Å². The van der Waals surface area contributed by atoms with Gasteiger partial charge in [0.2, 0.25) is 0 Å². The smallest absolute Gasteiger partial charge is 0.305 e. The van der Waals surface area contributed by atoms with Crippen molar-refractivity contribution in [2.24, 2.45) is 0 Å². The number of rotatable bonds is 6. The zero-order valence-corrected chi connectivity index (χ0v) is 15.4. The largest absolute Gasteiger partial charge is 0.481 e. The summed E-state index contributed by atoms with van der Waals surface area (Å²) in [6.45, 7) is 0. The number of aliphatic carboxylic acids is 1. The first kappa shape index (κ1) is 18.4. The van der Waals surface area contributed by atoms with Gasteiger partial charge in [-0.2, -0.15) is 0 Å². The molecule has 0 radical (unpaired) electrons. The molecule has 2 N–H and O–H groups in total. The maximum atomic E-state index is 12.4. The van der Waals surface area contributed by atoms with Crippen LogP contribution in [0.3, 0.4) is 0 Å². The van der Waals surface area contributed by atoms with Crippen molar-refractivity contribution < 1.29 is 14.7 Å². The lowest BCUT2D eigenvalue weighted by Gasteiger charge is -2.18. The first-order valence-electron chi connectivity index (χ1n) is 9.06. The normalized spacial score (nSPS) is 11.9. The lowest BCUT2D eigenvalue weighted by atomic mass is 10.0. The SMILES string of the molecule is O=C(O)CC(c1ccccc1)n1cnc2ccc(NC(=O)c3ccncc3)cc21. The monoisotopic (exact) mass is 386 g/mol. The molecule has 0 saturated heterocycles. The van der Waals surface area contributed by atoms with Gasteiger partial charge in [-0.25, -0.2) is 4.98 Å². The minimum Gasteiger partial charge on any atom is -0.481 e. The molecule has 0 spiro atoms. The van der Waals surface area contributed by atoms with Gasteiger partial charge in [0.1, 0.15) is 0 Å². The molecule has 0 fully saturated rings. The number of amides is 1. The molecule has 0 aliphatic rings. The molecular weight excluding hydrogens is 368 g/mol. The quantitative estimate of drug-likeness (QED) is 0.526. The Bertz CT molecular complexity index is 1160. The Kier molecular flexibility index (Phi) is 5.03. The molecule has 4 aromatic rings. The molecule has 1 amide bonds. The number of nitrogens with zero attached hydrogens (tertiary/aromatic N) is 3. The summed E-state index contributed by atoms with van der Waals surface area (Å²) in [5.74, 6) is -1.15. The second kappa shape index (κ2) is 7.93. The maximum Gasteiger partial charge on any atom is 0.305 e. The lowest BCUT2D eigenvalue weighted by Crippen LogP contribution is -2.15. The molecular formula is C22H18N4O3. The Morgan fingerprint density at radius 2 is 1.79 bits per heavy atom. The molecule has 4 rings (SSSR count). The van der Waals surface area contributed by atoms with Gasteiger partial charge in [-0.05, 0) is 35.9 Å². The molecule has 0 saturated carbocycles. The van der Waals surface area contributed by atoms with Gasteiger partial charge in [0.25, 0.3) is 5.91 Å². The molecule has 0 aliphatic heterocycles. The average molecular weight is 386 g/mol. The van der Waals surface area contributed by atoms with E-state index in [1.54, 1.807) is 49.1 Å². The van der Waals surface area contributed by atoms with Crippen LogP contribution in [0.2, 0.25) is 0 Å². The molecule has 0 aliphatic carbocycles. The number of carbonyl (C=O) groups is 2. The second-order valence-corrected chi connectivity index (χ2v) is 6.57. The van der Waals surface area contributed by atoms with E-state index in [0.717, 1.165) is 16.6 Å². The Morgan fingerprint density at radius 3 is 2.52 bits per heavy atom. The fraction of sp³-hybridized carbons (Fsp3) is 0.0909. The molecule has 2 aromatic heterocycles. The fourth-order valence-electron chi connectivity index (χ4n) is 3.28. The van der Waals surface area contributed by atoms with E-state index >= 15 is 0 Å². The van der Waals surface area contributed by atoms with Crippen molar-refractivity contribution in [2.45, 2.75) is 12.5 Å². The van der Waals surface area contributed by atoms with Gasteiger partial charge in [-0.3, -0.25) is 14.6 Å². The number of nitrogens with one attached hydrogen (secondary N) is 1. The number of hydrogen-bond donors (Lipinski definition) is 2. The van der Waals surface area contributed by atoms with Crippen molar-refractivity contribution in [3.8, 4) is 0 Å². The molecule has 1 unspecified atom stereocenters. The van der Waals surface area contributed by atoms with Gasteiger partial charge in [0.05, 0.1) is 29.8 Å². The van der Waals surface area contributed by atoms with Gasteiger partial charge < -0.3 is 15.0 Å². The van der Waals surface area contributed by atoms with E-state index in [0.29, 0.717) is 11.3 Å². The number of carboxylic acid groups (broad SMARTS) is 1. The van der Waals surface area contributed by atoms with Crippen LogP contribution >= 0.6 is 0 Å². The predicted octanol–water partition coefficient (Wildman–Crippen LogP) is 3.75. The van der Waals surface area contributed by atoms with Crippen LogP contribution in [0.1, 0.15) is 28.4 Å². The van der Waals surface area contributed by atoms with Crippen molar-refractivity contribution in [1.82, 2.24) is 14.5 Å². The average Bonchev–Trinajstić information content (AvgIpc) is 3.16. The Hall–Kier alpha value is -4.00. The summed E-state index contributed by atoms with van der Waals surface area (Å²) in [6.07, 6.45) is 4.68. The van der Waals surface area contributed by atoms with Crippen molar-refractivity contribution in [3.05, 3.63) is 90.5 Å². The number of pyridine rings is 1. The number of imidazole rings is 1. The number of anilines is 1. The minimum absolute atomic E-state index is 0.0803. The third-order valence-corrected chi connectivity index (χ3v) is 4.66. The molecule has 7 nitrogen and oxygen atoms in total. The third-order valence-electron chi connectivity index (χ3n) is 4.66. The number of carbonyl (C=O) groups excluding carboxylic acids is 1. The number of benzene rings is 2. The molecule has 2 heterocycles. The van der Waals surface area contributed by atoms with Gasteiger partial charge in [-0.15, -0.1) is 0 Å². The van der Waals surface area contributed by atoms with E-state index in [1.807, 2.05) is 34.9 Å². The van der Waals surface area contributed by atoms with Crippen LogP contribution in [0.15, 0.2) is 79.4 Å². The fourth-order valence-corrected chi connectivity index (χ4v) is 3.28. The van der Waals surface area contributed by atoms with E-state index in [4.69, 9.17) is 0 Å². The summed E-state index contributed by atoms with van der Waals surface area (Å²) in [4.78, 5) is 32.2. The van der Waals surface area contributed by atoms with Crippen molar-refractivity contribution >= 4 is 28.6 Å². The van der Waals surface area contributed by atoms with E-state index in [1.165, 1.54) is 0 Å². The highest BCUT2D eigenvalue weighted by Crippen LogP contribution is 2.28. The summed E-state index contributed by atoms with van der Waals surface area (Å²) < 4.78 is 1.83. The van der Waals surface area contributed by atoms with E-state index in [2.05, 4.69) is 15.3 Å². The second-order valence-electron chi connectivity index (χ2n) is 6.57. The zero-order valence-electron chi connectivity index (χ0n) is 15.4. The first-order valence-corrected chi connectivity index (χ1v) is 9.06. The molecule has 2 aromatic carbocycles. The summed E-state index contributed by atoms with van der Waals surface area (Å²) in [7, 11) is 0. The first-order chi connectivity index (χ1) is 14.1. The zero-order chi connectivity index (χ0) is 20.2. The van der Waals surface area contributed by atoms with Crippen LogP contribution in [-0.2, 0) is 4.79 Å². The van der Waals surface area contributed by atoms with Gasteiger partial charge >= 0.3 is 5.97 Å². The topological polar surface area (TPSA) is 97.1 Å². The molecule has 7 heteroatoms. The molecule has 0 bridgehead atoms. The number of hydrogen-bond acceptors (Lipinski definition) is 4. The van der Waals surface area contributed by atoms with Crippen LogP contribution in [0.5, 0.6) is 0 Å². The van der Waals surface area contributed by atoms with Crippen LogP contribution in [0, 0.1) is 0 Å². The summed E-state index contributed by atoms with van der Waals surface area (Å²) in [6, 6.07) is 17.7. The molecule has 144 valence electrons. The van der Waals surface area contributed by atoms with E-state index < -0.39 is 12.0 Å². The van der Waals surface area contributed by atoms with E-state index in [9.17, 15) is 14.7 Å². The highest BCUT2D eigenvalue weighted by molar-refractivity contribution is 6.04. The Balaban J connectivity index is 1.70. The summed E-state index contributed by atoms with van der Waals surface area (Å²) in [5, 5.41) is 12.3. The Morgan fingerprint density at radius 1 is 1.03 bits per heavy atom. The molecule has 29 heavy (non-hydrogen) atoms.